The van der Waals surface area contributed by atoms with Gasteiger partial charge in [0.05, 0.1) is 7.11 Å². The number of aryl methyl sites for hydroxylation is 1. The molecular formula is C12H14N2O2. The lowest BCUT2D eigenvalue weighted by molar-refractivity contribution is 0.398. The van der Waals surface area contributed by atoms with Crippen molar-refractivity contribution in [3.8, 4) is 17.0 Å². The Morgan fingerprint density at radius 1 is 1.31 bits per heavy atom. The summed E-state index contributed by atoms with van der Waals surface area (Å²) in [6.07, 6.45) is 0. The van der Waals surface area contributed by atoms with Crippen LogP contribution < -0.4 is 10.5 Å². The maximum absolute atomic E-state index is 5.66. The van der Waals surface area contributed by atoms with Gasteiger partial charge in [-0.15, -0.1) is 0 Å². The van der Waals surface area contributed by atoms with Gasteiger partial charge in [-0.05, 0) is 31.2 Å². The van der Waals surface area contributed by atoms with Crippen molar-refractivity contribution < 1.29 is 9.26 Å². The maximum Gasteiger partial charge on any atom is 0.138 e. The number of rotatable bonds is 3. The minimum atomic E-state index is 0.427. The van der Waals surface area contributed by atoms with Crippen molar-refractivity contribution in [2.24, 2.45) is 5.73 Å². The zero-order valence-electron chi connectivity index (χ0n) is 9.36. The Hall–Kier alpha value is -1.81. The van der Waals surface area contributed by atoms with Crippen LogP contribution in [0.2, 0.25) is 0 Å². The van der Waals surface area contributed by atoms with E-state index in [1.807, 2.05) is 31.2 Å². The van der Waals surface area contributed by atoms with E-state index in [0.717, 1.165) is 28.3 Å². The summed E-state index contributed by atoms with van der Waals surface area (Å²) in [5, 5.41) is 4.02. The highest BCUT2D eigenvalue weighted by atomic mass is 16.5. The lowest BCUT2D eigenvalue weighted by Gasteiger charge is -2.02. The van der Waals surface area contributed by atoms with Crippen LogP contribution in [0.15, 0.2) is 28.8 Å². The predicted molar refractivity (Wildman–Crippen MR) is 61.1 cm³/mol. The van der Waals surface area contributed by atoms with Crippen LogP contribution in [0.3, 0.4) is 0 Å². The molecule has 1 aromatic heterocycles. The highest BCUT2D eigenvalue weighted by Gasteiger charge is 2.12. The first kappa shape index (κ1) is 10.7. The van der Waals surface area contributed by atoms with Crippen molar-refractivity contribution in [2.45, 2.75) is 13.5 Å². The second-order valence-corrected chi connectivity index (χ2v) is 3.50. The van der Waals surface area contributed by atoms with Gasteiger partial charge < -0.3 is 15.0 Å². The number of nitrogens with two attached hydrogens (primary N) is 1. The first-order valence-electron chi connectivity index (χ1n) is 5.06. The van der Waals surface area contributed by atoms with Crippen LogP contribution in [0.25, 0.3) is 11.3 Å². The van der Waals surface area contributed by atoms with E-state index in [-0.39, 0.29) is 0 Å². The standard InChI is InChI=1S/C12H14N2O2/c1-8-11(7-13)12(14-16-8)9-3-5-10(15-2)6-4-9/h3-6H,7,13H2,1-2H3. The lowest BCUT2D eigenvalue weighted by Crippen LogP contribution is -1.98. The molecule has 0 saturated carbocycles. The number of hydrogen-bond donors (Lipinski definition) is 1. The fraction of sp³-hybridized carbons (Fsp3) is 0.250. The molecule has 0 fully saturated rings. The molecule has 0 aliphatic carbocycles. The fourth-order valence-electron chi connectivity index (χ4n) is 1.61. The number of hydrogen-bond acceptors (Lipinski definition) is 4. The molecule has 2 rings (SSSR count). The van der Waals surface area contributed by atoms with Crippen LogP contribution in [-0.2, 0) is 6.54 Å². The second-order valence-electron chi connectivity index (χ2n) is 3.50. The summed E-state index contributed by atoms with van der Waals surface area (Å²) < 4.78 is 10.2. The molecule has 84 valence electrons. The summed E-state index contributed by atoms with van der Waals surface area (Å²) in [5.74, 6) is 1.59. The first-order valence-corrected chi connectivity index (χ1v) is 5.06. The number of methoxy groups -OCH3 is 1. The summed E-state index contributed by atoms with van der Waals surface area (Å²) in [7, 11) is 1.64. The van der Waals surface area contributed by atoms with Crippen molar-refractivity contribution >= 4 is 0 Å². The summed E-state index contributed by atoms with van der Waals surface area (Å²) in [6, 6.07) is 7.66. The molecule has 0 saturated heterocycles. The van der Waals surface area contributed by atoms with Crippen molar-refractivity contribution in [1.82, 2.24) is 5.16 Å². The Kier molecular flexibility index (Phi) is 2.92. The van der Waals surface area contributed by atoms with E-state index in [1.165, 1.54) is 0 Å². The van der Waals surface area contributed by atoms with E-state index in [4.69, 9.17) is 15.0 Å². The number of aromatic nitrogens is 1. The van der Waals surface area contributed by atoms with Gasteiger partial charge in [0, 0.05) is 17.7 Å². The maximum atomic E-state index is 5.66. The largest absolute Gasteiger partial charge is 0.497 e. The molecule has 0 bridgehead atoms. The average molecular weight is 218 g/mol. The van der Waals surface area contributed by atoms with Gasteiger partial charge in [-0.2, -0.15) is 0 Å². The van der Waals surface area contributed by atoms with Crippen LogP contribution in [0.5, 0.6) is 5.75 Å². The van der Waals surface area contributed by atoms with Gasteiger partial charge in [0.25, 0.3) is 0 Å². The average Bonchev–Trinajstić information content (AvgIpc) is 2.70. The highest BCUT2D eigenvalue weighted by molar-refractivity contribution is 5.64. The number of nitrogens with zero attached hydrogens (tertiary/aromatic N) is 1. The molecule has 1 aromatic carbocycles. The van der Waals surface area contributed by atoms with E-state index in [2.05, 4.69) is 5.16 Å². The Morgan fingerprint density at radius 3 is 2.56 bits per heavy atom. The van der Waals surface area contributed by atoms with Gasteiger partial charge in [0.1, 0.15) is 17.2 Å². The summed E-state index contributed by atoms with van der Waals surface area (Å²) in [4.78, 5) is 0. The summed E-state index contributed by atoms with van der Waals surface area (Å²) in [5.41, 5.74) is 8.41. The van der Waals surface area contributed by atoms with Crippen LogP contribution in [0, 0.1) is 6.92 Å². The van der Waals surface area contributed by atoms with Gasteiger partial charge in [-0.3, -0.25) is 0 Å². The lowest BCUT2D eigenvalue weighted by atomic mass is 10.1. The minimum absolute atomic E-state index is 0.427. The van der Waals surface area contributed by atoms with Crippen LogP contribution >= 0.6 is 0 Å². The molecule has 0 unspecified atom stereocenters. The van der Waals surface area contributed by atoms with Crippen molar-refractivity contribution in [1.29, 1.82) is 0 Å². The van der Waals surface area contributed by atoms with Gasteiger partial charge in [-0.25, -0.2) is 0 Å². The molecule has 2 N–H and O–H groups in total. The molecule has 0 atom stereocenters. The molecule has 0 spiro atoms. The van der Waals surface area contributed by atoms with Crippen molar-refractivity contribution in [2.75, 3.05) is 7.11 Å². The molecule has 2 aromatic rings. The third-order valence-corrected chi connectivity index (χ3v) is 2.55. The topological polar surface area (TPSA) is 61.3 Å². The zero-order chi connectivity index (χ0) is 11.5. The zero-order valence-corrected chi connectivity index (χ0v) is 9.36. The van der Waals surface area contributed by atoms with E-state index in [9.17, 15) is 0 Å². The molecule has 4 nitrogen and oxygen atoms in total. The van der Waals surface area contributed by atoms with Crippen molar-refractivity contribution in [3.05, 3.63) is 35.6 Å². The Bertz CT molecular complexity index is 474. The van der Waals surface area contributed by atoms with Crippen molar-refractivity contribution in [3.63, 3.8) is 0 Å². The number of ether oxygens (including phenoxy) is 1. The fourth-order valence-corrected chi connectivity index (χ4v) is 1.61. The molecular weight excluding hydrogens is 204 g/mol. The van der Waals surface area contributed by atoms with E-state index < -0.39 is 0 Å². The van der Waals surface area contributed by atoms with E-state index in [0.29, 0.717) is 6.54 Å². The Morgan fingerprint density at radius 2 is 2.00 bits per heavy atom. The summed E-state index contributed by atoms with van der Waals surface area (Å²) in [6.45, 7) is 2.29. The van der Waals surface area contributed by atoms with Gasteiger partial charge in [0.2, 0.25) is 0 Å². The van der Waals surface area contributed by atoms with Crippen LogP contribution in [0.1, 0.15) is 11.3 Å². The molecule has 0 aliphatic heterocycles. The Labute approximate surface area is 94.0 Å². The molecule has 16 heavy (non-hydrogen) atoms. The number of benzene rings is 1. The third-order valence-electron chi connectivity index (χ3n) is 2.55. The van der Waals surface area contributed by atoms with E-state index in [1.54, 1.807) is 7.11 Å². The van der Waals surface area contributed by atoms with Gasteiger partial charge in [0.15, 0.2) is 0 Å². The quantitative estimate of drug-likeness (QED) is 0.857. The third kappa shape index (κ3) is 1.79. The molecule has 0 aliphatic rings. The van der Waals surface area contributed by atoms with Crippen LogP contribution in [0.4, 0.5) is 0 Å². The van der Waals surface area contributed by atoms with Crippen LogP contribution in [-0.4, -0.2) is 12.3 Å². The molecule has 0 radical (unpaired) electrons. The highest BCUT2D eigenvalue weighted by Crippen LogP contribution is 2.26. The normalized spacial score (nSPS) is 10.4. The van der Waals surface area contributed by atoms with E-state index >= 15 is 0 Å². The summed E-state index contributed by atoms with van der Waals surface area (Å²) >= 11 is 0. The molecule has 0 amide bonds. The first-order chi connectivity index (χ1) is 7.76. The smallest absolute Gasteiger partial charge is 0.138 e. The predicted octanol–water partition coefficient (Wildman–Crippen LogP) is 2.12. The minimum Gasteiger partial charge on any atom is -0.497 e. The van der Waals surface area contributed by atoms with Gasteiger partial charge in [-0.1, -0.05) is 5.16 Å². The molecule has 1 heterocycles. The SMILES string of the molecule is COc1ccc(-c2noc(C)c2CN)cc1. The monoisotopic (exact) mass is 218 g/mol. The Balaban J connectivity index is 2.42. The van der Waals surface area contributed by atoms with Gasteiger partial charge >= 0.3 is 0 Å². The second kappa shape index (κ2) is 4.37. The molecule has 4 heteroatoms.